The Hall–Kier alpha value is -0.520. The summed E-state index contributed by atoms with van der Waals surface area (Å²) in [6, 6.07) is 1.17. The topological polar surface area (TPSA) is 6.48 Å². The second-order valence-corrected chi connectivity index (χ2v) is 4.87. The first-order chi connectivity index (χ1) is 7.10. The fourth-order valence-corrected chi connectivity index (χ4v) is 2.37. The van der Waals surface area contributed by atoms with Crippen molar-refractivity contribution >= 4 is 0 Å². The zero-order chi connectivity index (χ0) is 11.4. The molecule has 0 aromatic rings. The highest BCUT2D eigenvalue weighted by molar-refractivity contribution is 5.06. The normalized spacial score (nSPS) is 27.5. The van der Waals surface area contributed by atoms with Crippen molar-refractivity contribution in [1.29, 1.82) is 0 Å². The van der Waals surface area contributed by atoms with E-state index in [0.29, 0.717) is 18.0 Å². The molecule has 1 fully saturated rings. The molecule has 0 saturated carbocycles. The maximum Gasteiger partial charge on any atom is 0.0495 e. The molecule has 0 amide bonds. The predicted octanol–water partition coefficient (Wildman–Crippen LogP) is 1.67. The molecule has 0 aliphatic carbocycles. The summed E-state index contributed by atoms with van der Waals surface area (Å²) in [5, 5.41) is 0. The van der Waals surface area contributed by atoms with Crippen molar-refractivity contribution in [2.24, 2.45) is 5.92 Å². The van der Waals surface area contributed by atoms with Crippen LogP contribution in [0.2, 0.25) is 0 Å². The monoisotopic (exact) mass is 208 g/mol. The van der Waals surface area contributed by atoms with Gasteiger partial charge in [-0.1, -0.05) is 6.92 Å². The lowest BCUT2D eigenvalue weighted by atomic mass is 10.0. The van der Waals surface area contributed by atoms with E-state index in [2.05, 4.69) is 43.5 Å². The second kappa shape index (κ2) is 5.53. The van der Waals surface area contributed by atoms with Gasteiger partial charge in [-0.15, -0.1) is 12.3 Å². The van der Waals surface area contributed by atoms with E-state index in [-0.39, 0.29) is 0 Å². The average molecular weight is 208 g/mol. The van der Waals surface area contributed by atoms with Gasteiger partial charge in [-0.25, -0.2) is 0 Å². The molecule has 0 aromatic heterocycles. The van der Waals surface area contributed by atoms with Gasteiger partial charge in [-0.05, 0) is 33.9 Å². The minimum atomic E-state index is 0.406. The van der Waals surface area contributed by atoms with Crippen LogP contribution in [0.15, 0.2) is 0 Å². The number of hydrogen-bond donors (Lipinski definition) is 0. The number of likely N-dealkylation sites (N-methyl/N-ethyl adjacent to an activating group) is 1. The molecule has 1 aliphatic heterocycles. The summed E-state index contributed by atoms with van der Waals surface area (Å²) in [5.74, 6) is 3.36. The first-order valence-corrected chi connectivity index (χ1v) is 6.00. The first kappa shape index (κ1) is 12.5. The van der Waals surface area contributed by atoms with Crippen molar-refractivity contribution in [3.8, 4) is 12.3 Å². The Morgan fingerprint density at radius 2 is 2.13 bits per heavy atom. The Balaban J connectivity index is 2.60. The van der Waals surface area contributed by atoms with Crippen LogP contribution in [0.5, 0.6) is 0 Å². The molecule has 0 radical (unpaired) electrons. The maximum absolute atomic E-state index is 5.62. The van der Waals surface area contributed by atoms with E-state index < -0.39 is 0 Å². The molecular weight excluding hydrogens is 184 g/mol. The Morgan fingerprint density at radius 3 is 2.60 bits per heavy atom. The highest BCUT2D eigenvalue weighted by atomic mass is 15.3. The predicted molar refractivity (Wildman–Crippen MR) is 65.7 cm³/mol. The van der Waals surface area contributed by atoms with Crippen molar-refractivity contribution in [2.75, 3.05) is 26.7 Å². The molecule has 2 heteroatoms. The van der Waals surface area contributed by atoms with Crippen LogP contribution in [0, 0.1) is 18.3 Å². The molecule has 0 spiro atoms. The van der Waals surface area contributed by atoms with Gasteiger partial charge in [0.05, 0.1) is 0 Å². The Labute approximate surface area is 94.6 Å². The van der Waals surface area contributed by atoms with Gasteiger partial charge >= 0.3 is 0 Å². The molecule has 1 heterocycles. The van der Waals surface area contributed by atoms with Crippen LogP contribution in [0.1, 0.15) is 27.2 Å². The molecule has 0 N–H and O–H groups in total. The van der Waals surface area contributed by atoms with Crippen molar-refractivity contribution < 1.29 is 0 Å². The van der Waals surface area contributed by atoms with Gasteiger partial charge in [0, 0.05) is 31.1 Å². The summed E-state index contributed by atoms with van der Waals surface area (Å²) in [7, 11) is 2.20. The minimum absolute atomic E-state index is 0.406. The lowest BCUT2D eigenvalue weighted by Gasteiger charge is -2.26. The van der Waals surface area contributed by atoms with E-state index in [1.54, 1.807) is 0 Å². The van der Waals surface area contributed by atoms with Crippen LogP contribution < -0.4 is 0 Å². The Bertz CT molecular complexity index is 229. The number of rotatable bonds is 4. The summed E-state index contributed by atoms with van der Waals surface area (Å²) in [6.45, 7) is 10.0. The number of hydrogen-bond acceptors (Lipinski definition) is 2. The maximum atomic E-state index is 5.62. The SMILES string of the molecule is C#CC1CN(C(C)C)CC1N(C)CCC. The first-order valence-electron chi connectivity index (χ1n) is 6.00. The van der Waals surface area contributed by atoms with Crippen molar-refractivity contribution in [1.82, 2.24) is 9.80 Å². The van der Waals surface area contributed by atoms with Crippen LogP contribution in [-0.2, 0) is 0 Å². The molecule has 2 unspecified atom stereocenters. The standard InChI is InChI=1S/C13H24N2/c1-6-8-14(5)13-10-15(11(3)4)9-12(13)7-2/h2,11-13H,6,8-10H2,1,3-5H3. The molecule has 0 bridgehead atoms. The molecule has 2 nitrogen and oxygen atoms in total. The zero-order valence-electron chi connectivity index (χ0n) is 10.5. The minimum Gasteiger partial charge on any atom is -0.301 e. The van der Waals surface area contributed by atoms with Gasteiger partial charge in [0.15, 0.2) is 0 Å². The third-order valence-electron chi connectivity index (χ3n) is 3.40. The van der Waals surface area contributed by atoms with Crippen LogP contribution in [0.25, 0.3) is 0 Å². The van der Waals surface area contributed by atoms with E-state index in [1.165, 1.54) is 6.42 Å². The van der Waals surface area contributed by atoms with Crippen LogP contribution in [-0.4, -0.2) is 48.6 Å². The van der Waals surface area contributed by atoms with Crippen molar-refractivity contribution in [2.45, 2.75) is 39.3 Å². The molecule has 15 heavy (non-hydrogen) atoms. The van der Waals surface area contributed by atoms with Crippen LogP contribution in [0.4, 0.5) is 0 Å². The van der Waals surface area contributed by atoms with Crippen molar-refractivity contribution in [3.05, 3.63) is 0 Å². The Kier molecular flexibility index (Phi) is 4.63. The van der Waals surface area contributed by atoms with Gasteiger partial charge in [-0.3, -0.25) is 4.90 Å². The number of terminal acetylenes is 1. The van der Waals surface area contributed by atoms with Gasteiger partial charge in [0.1, 0.15) is 0 Å². The van der Waals surface area contributed by atoms with E-state index in [9.17, 15) is 0 Å². The van der Waals surface area contributed by atoms with E-state index in [1.807, 2.05) is 0 Å². The molecule has 86 valence electrons. The lowest BCUT2D eigenvalue weighted by Crippen LogP contribution is -2.39. The van der Waals surface area contributed by atoms with E-state index in [4.69, 9.17) is 6.42 Å². The highest BCUT2D eigenvalue weighted by Crippen LogP contribution is 2.22. The van der Waals surface area contributed by atoms with Gasteiger partial charge in [0.25, 0.3) is 0 Å². The molecule has 1 rings (SSSR count). The van der Waals surface area contributed by atoms with Crippen LogP contribution in [0.3, 0.4) is 0 Å². The quantitative estimate of drug-likeness (QED) is 0.649. The molecule has 1 aliphatic rings. The summed E-state index contributed by atoms with van der Waals surface area (Å²) in [4.78, 5) is 4.91. The fourth-order valence-electron chi connectivity index (χ4n) is 2.37. The molecule has 0 aromatic carbocycles. The van der Waals surface area contributed by atoms with Gasteiger partial charge < -0.3 is 4.90 Å². The second-order valence-electron chi connectivity index (χ2n) is 4.87. The third kappa shape index (κ3) is 2.96. The summed E-state index contributed by atoms with van der Waals surface area (Å²) in [5.41, 5.74) is 0. The average Bonchev–Trinajstić information content (AvgIpc) is 2.61. The number of likely N-dealkylation sites (tertiary alicyclic amines) is 1. The van der Waals surface area contributed by atoms with E-state index >= 15 is 0 Å². The largest absolute Gasteiger partial charge is 0.301 e. The molecular formula is C13H24N2. The smallest absolute Gasteiger partial charge is 0.0495 e. The summed E-state index contributed by atoms with van der Waals surface area (Å²) < 4.78 is 0. The van der Waals surface area contributed by atoms with Gasteiger partial charge in [0.2, 0.25) is 0 Å². The molecule has 1 saturated heterocycles. The summed E-state index contributed by atoms with van der Waals surface area (Å²) >= 11 is 0. The lowest BCUT2D eigenvalue weighted by molar-refractivity contribution is 0.208. The number of nitrogens with zero attached hydrogens (tertiary/aromatic N) is 2. The third-order valence-corrected chi connectivity index (χ3v) is 3.40. The summed E-state index contributed by atoms with van der Waals surface area (Å²) in [6.07, 6.45) is 6.82. The molecule has 2 atom stereocenters. The van der Waals surface area contributed by atoms with Gasteiger partial charge in [-0.2, -0.15) is 0 Å². The zero-order valence-corrected chi connectivity index (χ0v) is 10.5. The van der Waals surface area contributed by atoms with Crippen LogP contribution >= 0.6 is 0 Å². The van der Waals surface area contributed by atoms with Crippen molar-refractivity contribution in [3.63, 3.8) is 0 Å². The Morgan fingerprint density at radius 1 is 1.47 bits per heavy atom. The highest BCUT2D eigenvalue weighted by Gasteiger charge is 2.34. The fraction of sp³-hybridized carbons (Fsp3) is 0.846. The van der Waals surface area contributed by atoms with E-state index in [0.717, 1.165) is 19.6 Å².